The second kappa shape index (κ2) is 3.59. The maximum absolute atomic E-state index is 9.90. The van der Waals surface area contributed by atoms with E-state index in [1.807, 2.05) is 0 Å². The maximum atomic E-state index is 9.90. The van der Waals surface area contributed by atoms with Crippen molar-refractivity contribution in [3.8, 4) is 0 Å². The van der Waals surface area contributed by atoms with Crippen molar-refractivity contribution in [2.45, 2.75) is 0 Å². The van der Waals surface area contributed by atoms with Crippen molar-refractivity contribution < 1.29 is 9.90 Å². The van der Waals surface area contributed by atoms with Crippen molar-refractivity contribution in [2.24, 2.45) is 5.29 Å². The molecule has 0 aromatic rings. The SMILES string of the molecule is C=CCN(N=O)C(=O)O. The van der Waals surface area contributed by atoms with Gasteiger partial charge in [0, 0.05) is 0 Å². The number of carboxylic acid groups (broad SMARTS) is 1. The molecule has 0 atom stereocenters. The van der Waals surface area contributed by atoms with Crippen molar-refractivity contribution in [2.75, 3.05) is 6.54 Å². The molecule has 0 bridgehead atoms. The van der Waals surface area contributed by atoms with Crippen molar-refractivity contribution in [3.05, 3.63) is 17.6 Å². The van der Waals surface area contributed by atoms with Gasteiger partial charge in [-0.3, -0.25) is 0 Å². The number of hydrogen-bond acceptors (Lipinski definition) is 3. The standard InChI is InChI=1S/C4H6N2O3/c1-2-3-6(5-9)4(7)8/h2H,1,3H2,(H,7,8). The summed E-state index contributed by atoms with van der Waals surface area (Å²) < 4.78 is 0. The summed E-state index contributed by atoms with van der Waals surface area (Å²) >= 11 is 0. The molecule has 0 unspecified atom stereocenters. The first-order valence-electron chi connectivity index (χ1n) is 2.17. The van der Waals surface area contributed by atoms with Crippen LogP contribution < -0.4 is 0 Å². The van der Waals surface area contributed by atoms with Gasteiger partial charge in [-0.25, -0.2) is 4.79 Å². The smallest absolute Gasteiger partial charge is 0.430 e. The lowest BCUT2D eigenvalue weighted by atomic mass is 10.6. The molecule has 9 heavy (non-hydrogen) atoms. The van der Waals surface area contributed by atoms with Crippen molar-refractivity contribution in [3.63, 3.8) is 0 Å². The van der Waals surface area contributed by atoms with Gasteiger partial charge in [0.2, 0.25) is 0 Å². The van der Waals surface area contributed by atoms with Gasteiger partial charge in [0.15, 0.2) is 0 Å². The summed E-state index contributed by atoms with van der Waals surface area (Å²) in [5.74, 6) is 0. The van der Waals surface area contributed by atoms with Crippen LogP contribution in [-0.4, -0.2) is 22.8 Å². The number of amides is 1. The molecule has 0 saturated heterocycles. The van der Waals surface area contributed by atoms with Gasteiger partial charge in [-0.1, -0.05) is 6.08 Å². The highest BCUT2D eigenvalue weighted by molar-refractivity contribution is 5.64. The highest BCUT2D eigenvalue weighted by Crippen LogP contribution is 1.88. The fourth-order valence-electron chi connectivity index (χ4n) is 0.269. The zero-order valence-corrected chi connectivity index (χ0v) is 4.65. The predicted octanol–water partition coefficient (Wildman–Crippen LogP) is 0.834. The van der Waals surface area contributed by atoms with Crippen LogP contribution in [0.1, 0.15) is 0 Å². The molecule has 0 aliphatic rings. The van der Waals surface area contributed by atoms with E-state index < -0.39 is 6.09 Å². The molecule has 1 amide bonds. The van der Waals surface area contributed by atoms with Crippen LogP contribution in [0.2, 0.25) is 0 Å². The van der Waals surface area contributed by atoms with Gasteiger partial charge in [0.1, 0.15) is 0 Å². The second-order valence-corrected chi connectivity index (χ2v) is 1.24. The molecular formula is C4H6N2O3. The highest BCUT2D eigenvalue weighted by atomic mass is 16.4. The van der Waals surface area contributed by atoms with Gasteiger partial charge in [-0.05, 0) is 0 Å². The summed E-state index contributed by atoms with van der Waals surface area (Å²) in [6.07, 6.45) is -0.0971. The van der Waals surface area contributed by atoms with Gasteiger partial charge < -0.3 is 5.11 Å². The van der Waals surface area contributed by atoms with E-state index in [1.54, 1.807) is 0 Å². The zero-order chi connectivity index (χ0) is 7.28. The third-order valence-corrected chi connectivity index (χ3v) is 0.621. The highest BCUT2D eigenvalue weighted by Gasteiger charge is 2.07. The van der Waals surface area contributed by atoms with Crippen molar-refractivity contribution >= 4 is 6.09 Å². The first kappa shape index (κ1) is 7.61. The predicted molar refractivity (Wildman–Crippen MR) is 30.7 cm³/mol. The maximum Gasteiger partial charge on any atom is 0.430 e. The lowest BCUT2D eigenvalue weighted by Crippen LogP contribution is -2.22. The summed E-state index contributed by atoms with van der Waals surface area (Å²) in [5, 5.41) is 10.6. The van der Waals surface area contributed by atoms with Crippen molar-refractivity contribution in [1.82, 2.24) is 5.01 Å². The van der Waals surface area contributed by atoms with Crippen LogP contribution in [0.5, 0.6) is 0 Å². The topological polar surface area (TPSA) is 70.0 Å². The summed E-state index contributed by atoms with van der Waals surface area (Å²) in [5.41, 5.74) is 0. The molecule has 5 heteroatoms. The fourth-order valence-corrected chi connectivity index (χ4v) is 0.269. The Morgan fingerprint density at radius 1 is 1.89 bits per heavy atom. The van der Waals surface area contributed by atoms with E-state index in [0.717, 1.165) is 0 Å². The van der Waals surface area contributed by atoms with Gasteiger partial charge in [-0.2, -0.15) is 5.01 Å². The monoisotopic (exact) mass is 130 g/mol. The van der Waals surface area contributed by atoms with Gasteiger partial charge in [0.25, 0.3) is 0 Å². The Kier molecular flexibility index (Phi) is 3.04. The lowest BCUT2D eigenvalue weighted by Gasteiger charge is -2.02. The Bertz CT molecular complexity index is 134. The normalized spacial score (nSPS) is 8.00. The van der Waals surface area contributed by atoms with E-state index in [2.05, 4.69) is 11.9 Å². The number of nitroso groups, excluding NO2 is 1. The summed E-state index contributed by atoms with van der Waals surface area (Å²) in [4.78, 5) is 19.5. The van der Waals surface area contributed by atoms with Gasteiger partial charge in [0.05, 0.1) is 11.8 Å². The van der Waals surface area contributed by atoms with E-state index >= 15 is 0 Å². The molecule has 0 aromatic carbocycles. The fraction of sp³-hybridized carbons (Fsp3) is 0.250. The third kappa shape index (κ3) is 2.43. The largest absolute Gasteiger partial charge is 0.464 e. The molecule has 0 heterocycles. The average Bonchev–Trinajstić information content (AvgIpc) is 1.82. The Balaban J connectivity index is 3.81. The quantitative estimate of drug-likeness (QED) is 0.349. The minimum atomic E-state index is -1.37. The molecule has 0 rings (SSSR count). The molecule has 0 saturated carbocycles. The number of hydrogen-bond donors (Lipinski definition) is 1. The summed E-state index contributed by atoms with van der Waals surface area (Å²) in [6, 6.07) is 0. The van der Waals surface area contributed by atoms with E-state index in [0.29, 0.717) is 5.01 Å². The third-order valence-electron chi connectivity index (χ3n) is 0.621. The molecule has 0 aliphatic carbocycles. The Hall–Kier alpha value is -1.39. The second-order valence-electron chi connectivity index (χ2n) is 1.24. The van der Waals surface area contributed by atoms with E-state index in [4.69, 9.17) is 5.11 Å². The molecule has 0 radical (unpaired) electrons. The molecular weight excluding hydrogens is 124 g/mol. The van der Waals surface area contributed by atoms with Crippen LogP contribution in [0, 0.1) is 4.91 Å². The first-order chi connectivity index (χ1) is 4.22. The number of carbonyl (C=O) groups is 1. The first-order valence-corrected chi connectivity index (χ1v) is 2.17. The van der Waals surface area contributed by atoms with E-state index in [1.165, 1.54) is 6.08 Å². The molecule has 0 aliphatic heterocycles. The average molecular weight is 130 g/mol. The van der Waals surface area contributed by atoms with Crippen LogP contribution in [0.4, 0.5) is 4.79 Å². The van der Waals surface area contributed by atoms with Crippen LogP contribution in [-0.2, 0) is 0 Å². The minimum absolute atomic E-state index is 0.0706. The Labute approximate surface area is 51.5 Å². The van der Waals surface area contributed by atoms with E-state index in [-0.39, 0.29) is 6.54 Å². The van der Waals surface area contributed by atoms with Gasteiger partial charge >= 0.3 is 6.09 Å². The minimum Gasteiger partial charge on any atom is -0.464 e. The molecule has 5 nitrogen and oxygen atoms in total. The summed E-state index contributed by atoms with van der Waals surface area (Å²) in [6.45, 7) is 3.16. The zero-order valence-electron chi connectivity index (χ0n) is 4.65. The van der Waals surface area contributed by atoms with Crippen LogP contribution in [0.25, 0.3) is 0 Å². The molecule has 0 spiro atoms. The van der Waals surface area contributed by atoms with E-state index in [9.17, 15) is 9.70 Å². The molecule has 1 N–H and O–H groups in total. The Morgan fingerprint density at radius 2 is 2.44 bits per heavy atom. The van der Waals surface area contributed by atoms with Crippen LogP contribution in [0.3, 0.4) is 0 Å². The number of rotatable bonds is 3. The van der Waals surface area contributed by atoms with Gasteiger partial charge in [-0.15, -0.1) is 11.5 Å². The van der Waals surface area contributed by atoms with Crippen molar-refractivity contribution in [1.29, 1.82) is 0 Å². The molecule has 0 fully saturated rings. The number of nitrogens with zero attached hydrogens (tertiary/aromatic N) is 2. The summed E-state index contributed by atoms with van der Waals surface area (Å²) in [7, 11) is 0. The molecule has 50 valence electrons. The Morgan fingerprint density at radius 3 is 2.56 bits per heavy atom. The molecule has 0 aromatic heterocycles. The lowest BCUT2D eigenvalue weighted by molar-refractivity contribution is 0.151. The van der Waals surface area contributed by atoms with Crippen LogP contribution >= 0.6 is 0 Å². The van der Waals surface area contributed by atoms with Crippen LogP contribution in [0.15, 0.2) is 17.9 Å².